The first-order valence-corrected chi connectivity index (χ1v) is 9.57. The number of hydrogen-bond donors (Lipinski definition) is 2. The van der Waals surface area contributed by atoms with E-state index in [1.54, 1.807) is 0 Å². The smallest absolute Gasteiger partial charge is 0.191 e. The lowest BCUT2D eigenvalue weighted by Gasteiger charge is -2.34. The normalized spacial score (nSPS) is 15.3. The number of piperidine rings is 1. The van der Waals surface area contributed by atoms with Crippen molar-refractivity contribution < 1.29 is 4.52 Å². The highest BCUT2D eigenvalue weighted by Gasteiger charge is 2.20. The Morgan fingerprint density at radius 2 is 1.96 bits per heavy atom. The molecule has 0 unspecified atom stereocenters. The molecule has 0 amide bonds. The van der Waals surface area contributed by atoms with E-state index < -0.39 is 0 Å². The Morgan fingerprint density at radius 3 is 2.59 bits per heavy atom. The van der Waals surface area contributed by atoms with Gasteiger partial charge in [0.05, 0.1) is 5.69 Å². The molecule has 2 heterocycles. The Hall–Kier alpha value is -1.77. The van der Waals surface area contributed by atoms with Crippen molar-refractivity contribution in [2.24, 2.45) is 4.99 Å². The van der Waals surface area contributed by atoms with Gasteiger partial charge in [-0.1, -0.05) is 30.3 Å². The van der Waals surface area contributed by atoms with E-state index in [4.69, 9.17) is 4.52 Å². The van der Waals surface area contributed by atoms with Crippen LogP contribution in [0.1, 0.15) is 38.1 Å². The molecule has 3 rings (SSSR count). The maximum absolute atomic E-state index is 5.32. The number of halogens is 1. The molecule has 1 saturated heterocycles. The van der Waals surface area contributed by atoms with Crippen molar-refractivity contribution in [2.75, 3.05) is 24.5 Å². The van der Waals surface area contributed by atoms with Gasteiger partial charge in [0.25, 0.3) is 0 Å². The van der Waals surface area contributed by atoms with Gasteiger partial charge in [-0.05, 0) is 38.3 Å². The molecule has 27 heavy (non-hydrogen) atoms. The van der Waals surface area contributed by atoms with Crippen molar-refractivity contribution in [3.8, 4) is 0 Å². The second-order valence-corrected chi connectivity index (χ2v) is 6.57. The van der Waals surface area contributed by atoms with E-state index in [9.17, 15) is 0 Å². The summed E-state index contributed by atoms with van der Waals surface area (Å²) in [5.74, 6) is 1.65. The zero-order valence-electron chi connectivity index (χ0n) is 16.1. The lowest BCUT2D eigenvalue weighted by Crippen LogP contribution is -2.48. The highest BCUT2D eigenvalue weighted by molar-refractivity contribution is 14.0. The lowest BCUT2D eigenvalue weighted by atomic mass is 10.0. The van der Waals surface area contributed by atoms with Crippen LogP contribution < -0.4 is 15.5 Å². The van der Waals surface area contributed by atoms with Crippen LogP contribution in [-0.2, 0) is 13.0 Å². The van der Waals surface area contributed by atoms with Crippen LogP contribution in [0.2, 0.25) is 0 Å². The number of benzene rings is 1. The molecule has 1 aliphatic rings. The second-order valence-electron chi connectivity index (χ2n) is 6.57. The lowest BCUT2D eigenvalue weighted by molar-refractivity contribution is 0.379. The minimum Gasteiger partial charge on any atom is -0.371 e. The summed E-state index contributed by atoms with van der Waals surface area (Å²) in [6.07, 6.45) is 3.08. The first kappa shape index (κ1) is 21.5. The molecule has 148 valence electrons. The van der Waals surface area contributed by atoms with Crippen molar-refractivity contribution in [3.05, 3.63) is 47.9 Å². The SMILES string of the molecule is CCNC(=NCc1cc(CC)no1)NC1CCN(c2ccccc2)CC1.I. The molecule has 1 aliphatic heterocycles. The maximum atomic E-state index is 5.32. The predicted molar refractivity (Wildman–Crippen MR) is 121 cm³/mol. The number of hydrogen-bond acceptors (Lipinski definition) is 4. The molecule has 2 aromatic rings. The van der Waals surface area contributed by atoms with Crippen LogP contribution in [0, 0.1) is 0 Å². The number of aliphatic imine (C=N–C) groups is 1. The van der Waals surface area contributed by atoms with E-state index in [0.717, 1.165) is 56.3 Å². The number of nitrogens with one attached hydrogen (secondary N) is 2. The molecule has 2 N–H and O–H groups in total. The van der Waals surface area contributed by atoms with Gasteiger partial charge in [0.1, 0.15) is 6.54 Å². The number of aromatic nitrogens is 1. The van der Waals surface area contributed by atoms with Crippen molar-refractivity contribution in [1.82, 2.24) is 15.8 Å². The van der Waals surface area contributed by atoms with E-state index in [1.807, 2.05) is 6.07 Å². The van der Waals surface area contributed by atoms with Crippen LogP contribution in [-0.4, -0.2) is 36.8 Å². The first-order chi connectivity index (χ1) is 12.8. The van der Waals surface area contributed by atoms with Gasteiger partial charge in [-0.25, -0.2) is 4.99 Å². The van der Waals surface area contributed by atoms with Gasteiger partial charge in [0, 0.05) is 37.4 Å². The van der Waals surface area contributed by atoms with Gasteiger partial charge in [-0.3, -0.25) is 0 Å². The summed E-state index contributed by atoms with van der Waals surface area (Å²) in [7, 11) is 0. The minimum atomic E-state index is 0. The molecule has 7 heteroatoms. The standard InChI is InChI=1S/C20H29N5O.HI/c1-3-16-14-19(26-24-16)15-22-20(21-4-2)23-17-10-12-25(13-11-17)18-8-6-5-7-9-18;/h5-9,14,17H,3-4,10-13,15H2,1-2H3,(H2,21,22,23);1H. The van der Waals surface area contributed by atoms with Gasteiger partial charge >= 0.3 is 0 Å². The van der Waals surface area contributed by atoms with Gasteiger partial charge in [-0.2, -0.15) is 0 Å². The van der Waals surface area contributed by atoms with Gasteiger partial charge < -0.3 is 20.1 Å². The molecule has 1 fully saturated rings. The third-order valence-corrected chi connectivity index (χ3v) is 4.66. The molecule has 1 aromatic heterocycles. The average molecular weight is 483 g/mol. The van der Waals surface area contributed by atoms with E-state index in [-0.39, 0.29) is 24.0 Å². The van der Waals surface area contributed by atoms with Crippen LogP contribution >= 0.6 is 24.0 Å². The third kappa shape index (κ3) is 6.41. The molecule has 0 atom stereocenters. The number of aryl methyl sites for hydroxylation is 1. The molecule has 0 radical (unpaired) electrons. The number of nitrogens with zero attached hydrogens (tertiary/aromatic N) is 3. The fourth-order valence-corrected chi connectivity index (χ4v) is 3.19. The highest BCUT2D eigenvalue weighted by Crippen LogP contribution is 2.19. The van der Waals surface area contributed by atoms with Crippen LogP contribution in [0.25, 0.3) is 0 Å². The van der Waals surface area contributed by atoms with E-state index >= 15 is 0 Å². The zero-order valence-corrected chi connectivity index (χ0v) is 18.5. The Morgan fingerprint density at radius 1 is 1.22 bits per heavy atom. The van der Waals surface area contributed by atoms with Crippen LogP contribution in [0.5, 0.6) is 0 Å². The maximum Gasteiger partial charge on any atom is 0.191 e. The summed E-state index contributed by atoms with van der Waals surface area (Å²) in [5.41, 5.74) is 2.28. The Labute approximate surface area is 178 Å². The Balaban J connectivity index is 0.00000261. The molecule has 0 saturated carbocycles. The predicted octanol–water partition coefficient (Wildman–Crippen LogP) is 3.58. The molecule has 1 aromatic carbocycles. The van der Waals surface area contributed by atoms with Crippen molar-refractivity contribution >= 4 is 35.6 Å². The Bertz CT molecular complexity index is 695. The molecular formula is C20H30IN5O. The summed E-state index contributed by atoms with van der Waals surface area (Å²) >= 11 is 0. The summed E-state index contributed by atoms with van der Waals surface area (Å²) in [5, 5.41) is 10.9. The van der Waals surface area contributed by atoms with Crippen molar-refractivity contribution in [1.29, 1.82) is 0 Å². The van der Waals surface area contributed by atoms with Gasteiger partial charge in [0.2, 0.25) is 0 Å². The van der Waals surface area contributed by atoms with Gasteiger partial charge in [-0.15, -0.1) is 24.0 Å². The van der Waals surface area contributed by atoms with E-state index in [0.29, 0.717) is 12.6 Å². The molecule has 0 spiro atoms. The quantitative estimate of drug-likeness (QED) is 0.374. The van der Waals surface area contributed by atoms with E-state index in [2.05, 4.69) is 69.9 Å². The largest absolute Gasteiger partial charge is 0.371 e. The number of guanidine groups is 1. The second kappa shape index (κ2) is 11.2. The van der Waals surface area contributed by atoms with Gasteiger partial charge in [0.15, 0.2) is 11.7 Å². The monoisotopic (exact) mass is 483 g/mol. The summed E-state index contributed by atoms with van der Waals surface area (Å²) < 4.78 is 5.32. The first-order valence-electron chi connectivity index (χ1n) is 9.57. The third-order valence-electron chi connectivity index (χ3n) is 4.66. The average Bonchev–Trinajstić information content (AvgIpc) is 3.16. The van der Waals surface area contributed by atoms with E-state index in [1.165, 1.54) is 5.69 Å². The molecular weight excluding hydrogens is 453 g/mol. The van der Waals surface area contributed by atoms with Crippen molar-refractivity contribution in [2.45, 2.75) is 45.7 Å². The van der Waals surface area contributed by atoms with Crippen LogP contribution in [0.4, 0.5) is 5.69 Å². The molecule has 6 nitrogen and oxygen atoms in total. The highest BCUT2D eigenvalue weighted by atomic mass is 127. The zero-order chi connectivity index (χ0) is 18.2. The summed E-state index contributed by atoms with van der Waals surface area (Å²) in [6, 6.07) is 13.0. The fourth-order valence-electron chi connectivity index (χ4n) is 3.19. The Kier molecular flexibility index (Phi) is 8.90. The molecule has 0 aliphatic carbocycles. The number of anilines is 1. The minimum absolute atomic E-state index is 0. The van der Waals surface area contributed by atoms with Crippen LogP contribution in [0.15, 0.2) is 45.9 Å². The van der Waals surface area contributed by atoms with Crippen LogP contribution in [0.3, 0.4) is 0 Å². The topological polar surface area (TPSA) is 65.7 Å². The number of rotatable bonds is 6. The number of para-hydroxylation sites is 1. The van der Waals surface area contributed by atoms with Crippen molar-refractivity contribution in [3.63, 3.8) is 0 Å². The summed E-state index contributed by atoms with van der Waals surface area (Å²) in [4.78, 5) is 7.10. The molecule has 0 bridgehead atoms. The fraction of sp³-hybridized carbons (Fsp3) is 0.500. The summed E-state index contributed by atoms with van der Waals surface area (Å²) in [6.45, 7) is 7.61.